The maximum Gasteiger partial charge on any atom is 0.0478 e. The number of rotatable bonds is 9. The summed E-state index contributed by atoms with van der Waals surface area (Å²) in [5.74, 6) is 0.984. The topological polar surface area (TPSA) is 15.3 Å². The normalized spacial score (nSPS) is 21.5. The summed E-state index contributed by atoms with van der Waals surface area (Å²) in [6, 6.07) is 13.0. The molecule has 0 aromatic heterocycles. The van der Waals surface area contributed by atoms with E-state index in [-0.39, 0.29) is 0 Å². The van der Waals surface area contributed by atoms with E-state index in [0.29, 0.717) is 12.1 Å². The molecule has 0 bridgehead atoms. The Balaban J connectivity index is 1.79. The standard InChI is InChI=1S/C19H30N2/c1-3-18(21(17-12-13-17)14-15-10-11-15)19(20-4-2)16-8-6-5-7-9-16/h5-9,15,17-20H,3-4,10-14H2,1-2H3. The summed E-state index contributed by atoms with van der Waals surface area (Å²) >= 11 is 0. The average molecular weight is 286 g/mol. The Morgan fingerprint density at radius 1 is 1.10 bits per heavy atom. The van der Waals surface area contributed by atoms with E-state index in [0.717, 1.165) is 18.5 Å². The minimum absolute atomic E-state index is 0.473. The van der Waals surface area contributed by atoms with Crippen molar-refractivity contribution in [2.24, 2.45) is 5.92 Å². The van der Waals surface area contributed by atoms with Gasteiger partial charge in [0.2, 0.25) is 0 Å². The SMILES string of the molecule is CCNC(c1ccccc1)C(CC)N(CC1CC1)C1CC1. The number of nitrogens with one attached hydrogen (secondary N) is 1. The van der Waals surface area contributed by atoms with Crippen molar-refractivity contribution in [2.45, 2.75) is 64.1 Å². The van der Waals surface area contributed by atoms with E-state index in [4.69, 9.17) is 0 Å². The highest BCUT2D eigenvalue weighted by Gasteiger charge is 2.39. The van der Waals surface area contributed by atoms with Gasteiger partial charge in [-0.25, -0.2) is 0 Å². The molecule has 2 heteroatoms. The molecular weight excluding hydrogens is 256 g/mol. The Bertz CT molecular complexity index is 422. The maximum atomic E-state index is 3.77. The number of hydrogen-bond donors (Lipinski definition) is 1. The highest BCUT2D eigenvalue weighted by atomic mass is 15.2. The van der Waals surface area contributed by atoms with Crippen molar-refractivity contribution in [3.63, 3.8) is 0 Å². The second-order valence-corrected chi connectivity index (χ2v) is 6.79. The van der Waals surface area contributed by atoms with E-state index in [2.05, 4.69) is 54.4 Å². The van der Waals surface area contributed by atoms with E-state index in [1.807, 2.05) is 0 Å². The van der Waals surface area contributed by atoms with Crippen LogP contribution >= 0.6 is 0 Å². The van der Waals surface area contributed by atoms with Crippen LogP contribution in [-0.2, 0) is 0 Å². The molecule has 2 nitrogen and oxygen atoms in total. The molecule has 21 heavy (non-hydrogen) atoms. The third-order valence-corrected chi connectivity index (χ3v) is 4.99. The molecule has 2 unspecified atom stereocenters. The summed E-state index contributed by atoms with van der Waals surface area (Å²) in [6.07, 6.45) is 6.97. The van der Waals surface area contributed by atoms with Gasteiger partial charge in [-0.2, -0.15) is 0 Å². The smallest absolute Gasteiger partial charge is 0.0478 e. The fourth-order valence-electron chi connectivity index (χ4n) is 3.58. The van der Waals surface area contributed by atoms with E-state index >= 15 is 0 Å². The maximum absolute atomic E-state index is 3.77. The van der Waals surface area contributed by atoms with Gasteiger partial charge in [0.05, 0.1) is 0 Å². The Hall–Kier alpha value is -0.860. The molecular formula is C19H30N2. The molecule has 0 spiro atoms. The van der Waals surface area contributed by atoms with Crippen molar-refractivity contribution in [3.8, 4) is 0 Å². The van der Waals surface area contributed by atoms with Crippen LogP contribution in [0, 0.1) is 5.92 Å². The lowest BCUT2D eigenvalue weighted by molar-refractivity contribution is 0.136. The third kappa shape index (κ3) is 3.87. The van der Waals surface area contributed by atoms with Gasteiger partial charge in [0, 0.05) is 24.7 Å². The summed E-state index contributed by atoms with van der Waals surface area (Å²) in [5.41, 5.74) is 1.45. The lowest BCUT2D eigenvalue weighted by atomic mass is 9.95. The number of nitrogens with zero attached hydrogens (tertiary/aromatic N) is 1. The molecule has 1 aromatic carbocycles. The van der Waals surface area contributed by atoms with Gasteiger partial charge in [-0.15, -0.1) is 0 Å². The van der Waals surface area contributed by atoms with Gasteiger partial charge in [0.25, 0.3) is 0 Å². The van der Waals surface area contributed by atoms with Crippen molar-refractivity contribution in [1.29, 1.82) is 0 Å². The van der Waals surface area contributed by atoms with Gasteiger partial charge in [0.15, 0.2) is 0 Å². The van der Waals surface area contributed by atoms with Crippen LogP contribution in [0.4, 0.5) is 0 Å². The first-order valence-corrected chi connectivity index (χ1v) is 8.87. The molecule has 0 radical (unpaired) electrons. The predicted octanol–water partition coefficient (Wildman–Crippen LogP) is 3.99. The first-order chi connectivity index (χ1) is 10.3. The first kappa shape index (κ1) is 15.1. The molecule has 0 saturated heterocycles. The van der Waals surface area contributed by atoms with E-state index < -0.39 is 0 Å². The van der Waals surface area contributed by atoms with Crippen LogP contribution in [0.15, 0.2) is 30.3 Å². The second kappa shape index (κ2) is 6.93. The molecule has 2 aliphatic rings. The van der Waals surface area contributed by atoms with Crippen LogP contribution in [0.3, 0.4) is 0 Å². The van der Waals surface area contributed by atoms with Gasteiger partial charge in [0.1, 0.15) is 0 Å². The van der Waals surface area contributed by atoms with Crippen LogP contribution in [0.2, 0.25) is 0 Å². The van der Waals surface area contributed by atoms with Crippen molar-refractivity contribution < 1.29 is 0 Å². The summed E-state index contributed by atoms with van der Waals surface area (Å²) < 4.78 is 0. The first-order valence-electron chi connectivity index (χ1n) is 8.87. The van der Waals surface area contributed by atoms with Gasteiger partial charge >= 0.3 is 0 Å². The second-order valence-electron chi connectivity index (χ2n) is 6.79. The zero-order valence-electron chi connectivity index (χ0n) is 13.6. The predicted molar refractivity (Wildman–Crippen MR) is 89.4 cm³/mol. The summed E-state index contributed by atoms with van der Waals surface area (Å²) in [7, 11) is 0. The van der Waals surface area contributed by atoms with Crippen molar-refractivity contribution in [1.82, 2.24) is 10.2 Å². The highest BCUT2D eigenvalue weighted by Crippen LogP contribution is 2.39. The van der Waals surface area contributed by atoms with Gasteiger partial charge < -0.3 is 5.32 Å². The van der Waals surface area contributed by atoms with E-state index in [1.165, 1.54) is 44.2 Å². The van der Waals surface area contributed by atoms with Crippen LogP contribution < -0.4 is 5.32 Å². The van der Waals surface area contributed by atoms with Crippen LogP contribution in [0.25, 0.3) is 0 Å². The molecule has 0 aliphatic heterocycles. The number of hydrogen-bond acceptors (Lipinski definition) is 2. The Kier molecular flexibility index (Phi) is 4.97. The van der Waals surface area contributed by atoms with Crippen LogP contribution in [-0.4, -0.2) is 30.1 Å². The molecule has 2 saturated carbocycles. The highest BCUT2D eigenvalue weighted by molar-refractivity contribution is 5.21. The monoisotopic (exact) mass is 286 g/mol. The molecule has 1 aromatic rings. The molecule has 1 N–H and O–H groups in total. The molecule has 3 rings (SSSR count). The van der Waals surface area contributed by atoms with Crippen molar-refractivity contribution >= 4 is 0 Å². The lowest BCUT2D eigenvalue weighted by Gasteiger charge is -2.38. The Labute approximate surface area is 129 Å². The summed E-state index contributed by atoms with van der Waals surface area (Å²) in [5, 5.41) is 3.77. The van der Waals surface area contributed by atoms with Gasteiger partial charge in [-0.05, 0) is 50.1 Å². The Morgan fingerprint density at radius 3 is 2.33 bits per heavy atom. The molecule has 116 valence electrons. The molecule has 0 amide bonds. The summed E-state index contributed by atoms with van der Waals surface area (Å²) in [6.45, 7) is 6.96. The zero-order chi connectivity index (χ0) is 14.7. The largest absolute Gasteiger partial charge is 0.309 e. The number of benzene rings is 1. The van der Waals surface area contributed by atoms with Crippen LogP contribution in [0.5, 0.6) is 0 Å². The molecule has 0 heterocycles. The van der Waals surface area contributed by atoms with E-state index in [1.54, 1.807) is 0 Å². The van der Waals surface area contributed by atoms with Gasteiger partial charge in [-0.1, -0.05) is 44.2 Å². The summed E-state index contributed by atoms with van der Waals surface area (Å²) in [4.78, 5) is 2.85. The lowest BCUT2D eigenvalue weighted by Crippen LogP contribution is -2.46. The minimum atomic E-state index is 0.473. The quantitative estimate of drug-likeness (QED) is 0.738. The van der Waals surface area contributed by atoms with Crippen molar-refractivity contribution in [3.05, 3.63) is 35.9 Å². The molecule has 2 aliphatic carbocycles. The average Bonchev–Trinajstić information content (AvgIpc) is 3.39. The van der Waals surface area contributed by atoms with Crippen molar-refractivity contribution in [2.75, 3.05) is 13.1 Å². The molecule has 2 fully saturated rings. The third-order valence-electron chi connectivity index (χ3n) is 4.99. The van der Waals surface area contributed by atoms with E-state index in [9.17, 15) is 0 Å². The number of likely N-dealkylation sites (N-methyl/N-ethyl adjacent to an activating group) is 1. The fraction of sp³-hybridized carbons (Fsp3) is 0.684. The zero-order valence-corrected chi connectivity index (χ0v) is 13.6. The fourth-order valence-corrected chi connectivity index (χ4v) is 3.58. The minimum Gasteiger partial charge on any atom is -0.309 e. The Morgan fingerprint density at radius 2 is 1.81 bits per heavy atom. The van der Waals surface area contributed by atoms with Gasteiger partial charge in [-0.3, -0.25) is 4.90 Å². The van der Waals surface area contributed by atoms with Crippen LogP contribution in [0.1, 0.15) is 57.6 Å². The molecule has 2 atom stereocenters.